The van der Waals surface area contributed by atoms with E-state index in [9.17, 15) is 10.1 Å². The van der Waals surface area contributed by atoms with E-state index in [1.54, 1.807) is 13.2 Å². The molecule has 0 spiro atoms. The molecule has 0 aliphatic carbocycles. The van der Waals surface area contributed by atoms with E-state index in [2.05, 4.69) is 61.4 Å². The van der Waals surface area contributed by atoms with Crippen LogP contribution in [0.2, 0.25) is 0 Å². The lowest BCUT2D eigenvalue weighted by Crippen LogP contribution is -2.23. The molecule has 4 aromatic rings. The highest BCUT2D eigenvalue weighted by atomic mass is 79.9. The Hall–Kier alpha value is -3.60. The van der Waals surface area contributed by atoms with Crippen molar-refractivity contribution in [1.82, 2.24) is 5.32 Å². The van der Waals surface area contributed by atoms with Gasteiger partial charge in [0, 0.05) is 6.54 Å². The van der Waals surface area contributed by atoms with E-state index >= 15 is 0 Å². The molecule has 0 aliphatic rings. The Morgan fingerprint density at radius 2 is 1.61 bits per heavy atom. The molecule has 0 fully saturated rings. The summed E-state index contributed by atoms with van der Waals surface area (Å²) in [6.07, 6.45) is 1.55. The van der Waals surface area contributed by atoms with Crippen molar-refractivity contribution in [2.45, 2.75) is 13.2 Å². The first-order valence-electron chi connectivity index (χ1n) is 11.1. The maximum Gasteiger partial charge on any atom is 0.262 e. The molecule has 0 aliphatic heterocycles. The second-order valence-electron chi connectivity index (χ2n) is 7.98. The minimum Gasteiger partial charge on any atom is -0.497 e. The van der Waals surface area contributed by atoms with E-state index in [0.717, 1.165) is 22.3 Å². The van der Waals surface area contributed by atoms with Crippen LogP contribution in [-0.4, -0.2) is 13.0 Å². The van der Waals surface area contributed by atoms with Crippen molar-refractivity contribution in [3.05, 3.63) is 110 Å². The third-order valence-electron chi connectivity index (χ3n) is 5.51. The molecule has 0 radical (unpaired) electrons. The summed E-state index contributed by atoms with van der Waals surface area (Å²) in [5, 5.41) is 14.7. The Morgan fingerprint density at radius 3 is 2.28 bits per heavy atom. The van der Waals surface area contributed by atoms with Crippen molar-refractivity contribution >= 4 is 54.6 Å². The van der Waals surface area contributed by atoms with E-state index in [4.69, 9.17) is 9.47 Å². The zero-order valence-electron chi connectivity index (χ0n) is 19.4. The average molecular weight is 606 g/mol. The molecule has 0 aromatic heterocycles. The molecule has 0 bridgehead atoms. The van der Waals surface area contributed by atoms with Gasteiger partial charge in [-0.2, -0.15) is 5.26 Å². The summed E-state index contributed by atoms with van der Waals surface area (Å²) >= 11 is 7.11. The van der Waals surface area contributed by atoms with Gasteiger partial charge in [0.15, 0.2) is 0 Å². The first-order chi connectivity index (χ1) is 17.5. The van der Waals surface area contributed by atoms with Gasteiger partial charge in [0.25, 0.3) is 5.91 Å². The number of nitrogens with one attached hydrogen (secondary N) is 1. The van der Waals surface area contributed by atoms with Crippen molar-refractivity contribution in [2.75, 3.05) is 7.11 Å². The van der Waals surface area contributed by atoms with Crippen LogP contribution in [0.25, 0.3) is 16.8 Å². The summed E-state index contributed by atoms with van der Waals surface area (Å²) in [7, 11) is 1.60. The van der Waals surface area contributed by atoms with Gasteiger partial charge in [-0.05, 0) is 95.7 Å². The molecule has 36 heavy (non-hydrogen) atoms. The Bertz CT molecular complexity index is 1450. The summed E-state index contributed by atoms with van der Waals surface area (Å²) in [5.41, 5.74) is 2.65. The van der Waals surface area contributed by atoms with Gasteiger partial charge in [-0.3, -0.25) is 4.79 Å². The van der Waals surface area contributed by atoms with Crippen LogP contribution in [0.4, 0.5) is 0 Å². The van der Waals surface area contributed by atoms with Gasteiger partial charge in [0.1, 0.15) is 29.7 Å². The summed E-state index contributed by atoms with van der Waals surface area (Å²) < 4.78 is 12.6. The standard InChI is InChI=1S/C29H22Br2N2O3/c1-35-25-10-7-19(8-11-25)17-33-29(34)24(16-32)13-21-14-26(30)28(27(31)15-21)36-18-20-6-9-22-4-2-3-5-23(22)12-20/h2-15H,17-18H2,1H3,(H,33,34)/b24-13-. The van der Waals surface area contributed by atoms with Gasteiger partial charge in [-0.15, -0.1) is 0 Å². The summed E-state index contributed by atoms with van der Waals surface area (Å²) in [5.74, 6) is 0.934. The lowest BCUT2D eigenvalue weighted by Gasteiger charge is -2.12. The van der Waals surface area contributed by atoms with Gasteiger partial charge in [0.2, 0.25) is 0 Å². The normalized spacial score (nSPS) is 11.1. The van der Waals surface area contributed by atoms with E-state index in [-0.39, 0.29) is 5.57 Å². The predicted molar refractivity (Wildman–Crippen MR) is 149 cm³/mol. The highest BCUT2D eigenvalue weighted by molar-refractivity contribution is 9.11. The van der Waals surface area contributed by atoms with Crippen molar-refractivity contribution in [1.29, 1.82) is 5.26 Å². The minimum atomic E-state index is -0.447. The SMILES string of the molecule is COc1ccc(CNC(=O)/C(C#N)=C\c2cc(Br)c(OCc3ccc4ccccc4c3)c(Br)c2)cc1. The van der Waals surface area contributed by atoms with E-state index in [1.807, 2.05) is 60.7 Å². The molecule has 4 rings (SSSR count). The molecule has 0 heterocycles. The number of hydrogen-bond donors (Lipinski definition) is 1. The molecule has 1 amide bonds. The monoisotopic (exact) mass is 604 g/mol. The molecule has 0 atom stereocenters. The van der Waals surface area contributed by atoms with Crippen molar-refractivity contribution in [2.24, 2.45) is 0 Å². The van der Waals surface area contributed by atoms with Gasteiger partial charge in [-0.25, -0.2) is 0 Å². The fourth-order valence-electron chi connectivity index (χ4n) is 3.62. The van der Waals surface area contributed by atoms with Gasteiger partial charge >= 0.3 is 0 Å². The van der Waals surface area contributed by atoms with E-state index in [0.29, 0.717) is 33.4 Å². The molecule has 7 heteroatoms. The smallest absolute Gasteiger partial charge is 0.262 e. The molecule has 5 nitrogen and oxygen atoms in total. The number of halogens is 2. The maximum atomic E-state index is 12.6. The number of nitrogens with zero attached hydrogens (tertiary/aromatic N) is 1. The molecular formula is C29H22Br2N2O3. The first-order valence-corrected chi connectivity index (χ1v) is 12.7. The number of amides is 1. The largest absolute Gasteiger partial charge is 0.497 e. The number of benzene rings is 4. The second-order valence-corrected chi connectivity index (χ2v) is 9.69. The van der Waals surface area contributed by atoms with E-state index < -0.39 is 5.91 Å². The van der Waals surface area contributed by atoms with E-state index in [1.165, 1.54) is 5.39 Å². The van der Waals surface area contributed by atoms with Crippen LogP contribution in [-0.2, 0) is 17.9 Å². The number of rotatable bonds is 8. The van der Waals surface area contributed by atoms with Crippen molar-refractivity contribution in [3.8, 4) is 17.6 Å². The molecule has 0 unspecified atom stereocenters. The summed E-state index contributed by atoms with van der Waals surface area (Å²) in [6.45, 7) is 0.700. The zero-order valence-corrected chi connectivity index (χ0v) is 22.6. The summed E-state index contributed by atoms with van der Waals surface area (Å²) in [4.78, 5) is 12.6. The number of fused-ring (bicyclic) bond motifs is 1. The quantitative estimate of drug-likeness (QED) is 0.171. The third kappa shape index (κ3) is 6.34. The van der Waals surface area contributed by atoms with Gasteiger partial charge in [0.05, 0.1) is 16.1 Å². The second kappa shape index (κ2) is 11.9. The Balaban J connectivity index is 1.44. The van der Waals surface area contributed by atoms with Crippen molar-refractivity contribution in [3.63, 3.8) is 0 Å². The molecule has 0 saturated heterocycles. The maximum absolute atomic E-state index is 12.6. The number of ether oxygens (including phenoxy) is 2. The molecule has 0 saturated carbocycles. The fourth-order valence-corrected chi connectivity index (χ4v) is 5.07. The number of carbonyl (C=O) groups excluding carboxylic acids is 1. The van der Waals surface area contributed by atoms with Crippen LogP contribution in [0.1, 0.15) is 16.7 Å². The van der Waals surface area contributed by atoms with Crippen LogP contribution in [0.5, 0.6) is 11.5 Å². The minimum absolute atomic E-state index is 0.00661. The van der Waals surface area contributed by atoms with Crippen LogP contribution < -0.4 is 14.8 Å². The first kappa shape index (κ1) is 25.5. The number of methoxy groups -OCH3 is 1. The Kier molecular flexibility index (Phi) is 8.42. The van der Waals surface area contributed by atoms with Crippen LogP contribution in [0.15, 0.2) is 93.4 Å². The molecule has 4 aromatic carbocycles. The third-order valence-corrected chi connectivity index (χ3v) is 6.68. The highest BCUT2D eigenvalue weighted by Gasteiger charge is 2.13. The molecule has 180 valence electrons. The van der Waals surface area contributed by atoms with Crippen LogP contribution in [0, 0.1) is 11.3 Å². The lowest BCUT2D eigenvalue weighted by molar-refractivity contribution is -0.117. The average Bonchev–Trinajstić information content (AvgIpc) is 2.90. The lowest BCUT2D eigenvalue weighted by atomic mass is 10.1. The summed E-state index contributed by atoms with van der Waals surface area (Å²) in [6, 6.07) is 27.4. The number of hydrogen-bond acceptors (Lipinski definition) is 4. The number of nitriles is 1. The molecular weight excluding hydrogens is 584 g/mol. The van der Waals surface area contributed by atoms with Gasteiger partial charge < -0.3 is 14.8 Å². The fraction of sp³-hybridized carbons (Fsp3) is 0.103. The number of carbonyl (C=O) groups is 1. The highest BCUT2D eigenvalue weighted by Crippen LogP contribution is 2.36. The van der Waals surface area contributed by atoms with Gasteiger partial charge in [-0.1, -0.05) is 48.5 Å². The van der Waals surface area contributed by atoms with Crippen LogP contribution >= 0.6 is 31.9 Å². The molecule has 1 N–H and O–H groups in total. The van der Waals surface area contributed by atoms with Crippen molar-refractivity contribution < 1.29 is 14.3 Å². The predicted octanol–water partition coefficient (Wildman–Crippen LogP) is 7.18. The Morgan fingerprint density at radius 1 is 0.944 bits per heavy atom. The Labute approximate surface area is 226 Å². The topological polar surface area (TPSA) is 71.3 Å². The van der Waals surface area contributed by atoms with Crippen LogP contribution in [0.3, 0.4) is 0 Å². The zero-order chi connectivity index (χ0) is 25.5.